The molecule has 0 radical (unpaired) electrons. The minimum atomic E-state index is 0.443. The van der Waals surface area contributed by atoms with Crippen LogP contribution in [0.4, 0.5) is 5.82 Å². The molecule has 150 valence electrons. The van der Waals surface area contributed by atoms with E-state index in [-0.39, 0.29) is 0 Å². The number of hydrogen-bond acceptors (Lipinski definition) is 5. The van der Waals surface area contributed by atoms with E-state index in [1.165, 1.54) is 12.8 Å². The zero-order chi connectivity index (χ0) is 20.2. The standard InChI is InChI=1S/C23H26ClN5/c1-16(2)26-15-20-4-3-13-29(20)22-14-21(17-9-11-25-12-10-17)23(28-27-22)18-5-7-19(24)8-6-18/h5-12,14,16,20,26H,3-4,13,15H2,1-2H3/t20-/m1/s1. The number of hydrogen-bond donors (Lipinski definition) is 1. The Kier molecular flexibility index (Phi) is 6.07. The highest BCUT2D eigenvalue weighted by Crippen LogP contribution is 2.34. The van der Waals surface area contributed by atoms with Crippen molar-refractivity contribution >= 4 is 17.4 Å². The van der Waals surface area contributed by atoms with Gasteiger partial charge in [0.1, 0.15) is 5.69 Å². The van der Waals surface area contributed by atoms with Crippen molar-refractivity contribution < 1.29 is 0 Å². The molecule has 4 rings (SSSR count). The molecule has 1 aliphatic rings. The summed E-state index contributed by atoms with van der Waals surface area (Å²) in [6.45, 7) is 6.33. The second-order valence-electron chi connectivity index (χ2n) is 7.76. The molecular formula is C23H26ClN5. The average Bonchev–Trinajstić information content (AvgIpc) is 3.22. The molecule has 29 heavy (non-hydrogen) atoms. The van der Waals surface area contributed by atoms with Crippen molar-refractivity contribution in [2.45, 2.75) is 38.8 Å². The van der Waals surface area contributed by atoms with Crippen LogP contribution in [0.5, 0.6) is 0 Å². The summed E-state index contributed by atoms with van der Waals surface area (Å²) in [6.07, 6.45) is 5.97. The van der Waals surface area contributed by atoms with E-state index < -0.39 is 0 Å². The van der Waals surface area contributed by atoms with Crippen LogP contribution in [0.2, 0.25) is 5.02 Å². The maximum absolute atomic E-state index is 6.08. The van der Waals surface area contributed by atoms with Gasteiger partial charge in [0.05, 0.1) is 0 Å². The van der Waals surface area contributed by atoms with Crippen molar-refractivity contribution in [3.05, 3.63) is 59.9 Å². The molecule has 0 saturated carbocycles. The maximum Gasteiger partial charge on any atom is 0.152 e. The van der Waals surface area contributed by atoms with Gasteiger partial charge in [-0.3, -0.25) is 4.98 Å². The predicted octanol–water partition coefficient (Wildman–Crippen LogP) is 4.83. The molecule has 1 fully saturated rings. The maximum atomic E-state index is 6.08. The lowest BCUT2D eigenvalue weighted by Gasteiger charge is -2.27. The van der Waals surface area contributed by atoms with Crippen molar-refractivity contribution in [2.75, 3.05) is 18.0 Å². The molecule has 1 aliphatic heterocycles. The van der Waals surface area contributed by atoms with Gasteiger partial charge in [0.25, 0.3) is 0 Å². The first-order chi connectivity index (χ1) is 14.1. The Morgan fingerprint density at radius 2 is 1.83 bits per heavy atom. The quantitative estimate of drug-likeness (QED) is 0.634. The highest BCUT2D eigenvalue weighted by atomic mass is 35.5. The molecule has 1 aromatic carbocycles. The Morgan fingerprint density at radius 1 is 1.07 bits per heavy atom. The molecule has 0 aliphatic carbocycles. The molecule has 0 spiro atoms. The van der Waals surface area contributed by atoms with Crippen LogP contribution < -0.4 is 10.2 Å². The van der Waals surface area contributed by atoms with Crippen molar-refractivity contribution in [1.82, 2.24) is 20.5 Å². The number of pyridine rings is 1. The van der Waals surface area contributed by atoms with E-state index in [0.717, 1.165) is 41.3 Å². The van der Waals surface area contributed by atoms with Gasteiger partial charge in [0.15, 0.2) is 5.82 Å². The summed E-state index contributed by atoms with van der Waals surface area (Å²) in [5, 5.41) is 13.6. The Hall–Kier alpha value is -2.50. The molecule has 0 amide bonds. The minimum absolute atomic E-state index is 0.443. The lowest BCUT2D eigenvalue weighted by Crippen LogP contribution is -2.40. The molecule has 0 bridgehead atoms. The van der Waals surface area contributed by atoms with Gasteiger partial charge in [-0.25, -0.2) is 0 Å². The molecule has 2 aromatic heterocycles. The van der Waals surface area contributed by atoms with Crippen molar-refractivity contribution in [1.29, 1.82) is 0 Å². The average molecular weight is 408 g/mol. The Balaban J connectivity index is 1.73. The molecule has 1 N–H and O–H groups in total. The highest BCUT2D eigenvalue weighted by Gasteiger charge is 2.27. The molecule has 5 nitrogen and oxygen atoms in total. The van der Waals surface area contributed by atoms with Gasteiger partial charge >= 0.3 is 0 Å². The molecule has 1 saturated heterocycles. The van der Waals surface area contributed by atoms with Gasteiger partial charge in [-0.1, -0.05) is 37.6 Å². The molecule has 6 heteroatoms. The summed E-state index contributed by atoms with van der Waals surface area (Å²) < 4.78 is 0. The normalized spacial score (nSPS) is 16.6. The first-order valence-electron chi connectivity index (χ1n) is 10.2. The molecule has 3 heterocycles. The van der Waals surface area contributed by atoms with Gasteiger partial charge in [-0.05, 0) is 48.7 Å². The largest absolute Gasteiger partial charge is 0.351 e. The Morgan fingerprint density at radius 3 is 2.55 bits per heavy atom. The topological polar surface area (TPSA) is 53.9 Å². The van der Waals surface area contributed by atoms with E-state index in [9.17, 15) is 0 Å². The smallest absolute Gasteiger partial charge is 0.152 e. The van der Waals surface area contributed by atoms with Gasteiger partial charge in [-0.15, -0.1) is 10.2 Å². The summed E-state index contributed by atoms with van der Waals surface area (Å²) in [5.41, 5.74) is 3.99. The van der Waals surface area contributed by atoms with Crippen molar-refractivity contribution in [2.24, 2.45) is 0 Å². The second kappa shape index (κ2) is 8.89. The van der Waals surface area contributed by atoms with Crippen LogP contribution in [0.15, 0.2) is 54.9 Å². The first-order valence-corrected chi connectivity index (χ1v) is 10.5. The third-order valence-corrected chi connectivity index (χ3v) is 5.58. The predicted molar refractivity (Wildman–Crippen MR) is 119 cm³/mol. The number of benzene rings is 1. The number of anilines is 1. The van der Waals surface area contributed by atoms with Crippen LogP contribution >= 0.6 is 11.6 Å². The monoisotopic (exact) mass is 407 g/mol. The minimum Gasteiger partial charge on any atom is -0.351 e. The van der Waals surface area contributed by atoms with Gasteiger partial charge in [0.2, 0.25) is 0 Å². The Labute approximate surface area is 177 Å². The van der Waals surface area contributed by atoms with Gasteiger partial charge in [-0.2, -0.15) is 0 Å². The van der Waals surface area contributed by atoms with E-state index in [1.807, 2.05) is 48.8 Å². The summed E-state index contributed by atoms with van der Waals surface area (Å²) in [5.74, 6) is 0.933. The third-order valence-electron chi connectivity index (χ3n) is 5.32. The second-order valence-corrected chi connectivity index (χ2v) is 8.20. The van der Waals surface area contributed by atoms with Crippen LogP contribution in [-0.4, -0.2) is 40.4 Å². The Bertz CT molecular complexity index is 943. The molecule has 0 unspecified atom stereocenters. The van der Waals surface area contributed by atoms with E-state index in [0.29, 0.717) is 17.1 Å². The summed E-state index contributed by atoms with van der Waals surface area (Å²) in [6, 6.07) is 14.9. The first kappa shape index (κ1) is 19.8. The third kappa shape index (κ3) is 4.57. The number of nitrogens with one attached hydrogen (secondary N) is 1. The van der Waals surface area contributed by atoms with Crippen LogP contribution in [-0.2, 0) is 0 Å². The van der Waals surface area contributed by atoms with E-state index in [2.05, 4.69) is 45.3 Å². The van der Waals surface area contributed by atoms with E-state index in [4.69, 9.17) is 11.6 Å². The number of halogens is 1. The lowest BCUT2D eigenvalue weighted by atomic mass is 10.0. The molecule has 3 aromatic rings. The van der Waals surface area contributed by atoms with Gasteiger partial charge < -0.3 is 10.2 Å². The van der Waals surface area contributed by atoms with Crippen LogP contribution in [0.3, 0.4) is 0 Å². The van der Waals surface area contributed by atoms with Crippen molar-refractivity contribution in [3.8, 4) is 22.4 Å². The fourth-order valence-electron chi connectivity index (χ4n) is 3.82. The fourth-order valence-corrected chi connectivity index (χ4v) is 3.94. The van der Waals surface area contributed by atoms with E-state index >= 15 is 0 Å². The number of nitrogens with zero attached hydrogens (tertiary/aromatic N) is 4. The lowest BCUT2D eigenvalue weighted by molar-refractivity contribution is 0.522. The van der Waals surface area contributed by atoms with Crippen LogP contribution in [0, 0.1) is 0 Å². The van der Waals surface area contributed by atoms with E-state index in [1.54, 1.807) is 0 Å². The zero-order valence-electron chi connectivity index (χ0n) is 16.8. The highest BCUT2D eigenvalue weighted by molar-refractivity contribution is 6.30. The summed E-state index contributed by atoms with van der Waals surface area (Å²) in [4.78, 5) is 6.55. The van der Waals surface area contributed by atoms with Crippen molar-refractivity contribution in [3.63, 3.8) is 0 Å². The SMILES string of the molecule is CC(C)NC[C@H]1CCCN1c1cc(-c2ccncc2)c(-c2ccc(Cl)cc2)nn1. The van der Waals surface area contributed by atoms with Crippen LogP contribution in [0.25, 0.3) is 22.4 Å². The fraction of sp³-hybridized carbons (Fsp3) is 0.348. The summed E-state index contributed by atoms with van der Waals surface area (Å²) >= 11 is 6.08. The van der Waals surface area contributed by atoms with Gasteiger partial charge in [0, 0.05) is 53.7 Å². The van der Waals surface area contributed by atoms with Crippen LogP contribution in [0.1, 0.15) is 26.7 Å². The molecular weight excluding hydrogens is 382 g/mol. The number of aromatic nitrogens is 3. The zero-order valence-corrected chi connectivity index (χ0v) is 17.6. The molecule has 1 atom stereocenters. The summed E-state index contributed by atoms with van der Waals surface area (Å²) in [7, 11) is 0. The number of rotatable bonds is 6.